The van der Waals surface area contributed by atoms with Crippen LogP contribution in [0.5, 0.6) is 11.5 Å². The number of carbonyl (C=O) groups is 1. The molecule has 2 rings (SSSR count). The standard InChI is InChI=1S/C22H28ClFN2O2/c1-5-19(26-15(4)13-20(27)25-14(2)3)17-11-12-18(23)22(21(17)24)28-16-9-7-6-8-10-16/h6-12,14-15,19,26H,5,13H2,1-4H3,(H,25,27)/t15-,19+/m0/s1. The third-order valence-electron chi connectivity index (χ3n) is 4.25. The molecule has 2 aromatic rings. The Hall–Kier alpha value is -2.11. The Balaban J connectivity index is 2.17. The lowest BCUT2D eigenvalue weighted by Gasteiger charge is -2.24. The van der Waals surface area contributed by atoms with Gasteiger partial charge in [0.1, 0.15) is 5.75 Å². The lowest BCUT2D eigenvalue weighted by molar-refractivity contribution is -0.122. The summed E-state index contributed by atoms with van der Waals surface area (Å²) in [4.78, 5) is 12.0. The third kappa shape index (κ3) is 6.21. The van der Waals surface area contributed by atoms with Gasteiger partial charge in [0.2, 0.25) is 5.91 Å². The SMILES string of the molecule is CC[C@@H](N[C@@H](C)CC(=O)NC(C)C)c1ccc(Cl)c(Oc2ccccc2)c1F. The van der Waals surface area contributed by atoms with E-state index in [0.717, 1.165) is 0 Å². The van der Waals surface area contributed by atoms with Gasteiger partial charge < -0.3 is 15.4 Å². The lowest BCUT2D eigenvalue weighted by atomic mass is 10.0. The van der Waals surface area contributed by atoms with Crippen molar-refractivity contribution in [1.29, 1.82) is 0 Å². The molecule has 0 heterocycles. The van der Waals surface area contributed by atoms with Crippen LogP contribution in [-0.2, 0) is 4.79 Å². The summed E-state index contributed by atoms with van der Waals surface area (Å²) >= 11 is 6.18. The van der Waals surface area contributed by atoms with Crippen LogP contribution < -0.4 is 15.4 Å². The highest BCUT2D eigenvalue weighted by Crippen LogP contribution is 2.36. The van der Waals surface area contributed by atoms with Crippen molar-refractivity contribution >= 4 is 17.5 Å². The van der Waals surface area contributed by atoms with Gasteiger partial charge in [-0.3, -0.25) is 4.79 Å². The van der Waals surface area contributed by atoms with Crippen molar-refractivity contribution in [2.75, 3.05) is 0 Å². The van der Waals surface area contributed by atoms with Crippen molar-refractivity contribution in [3.8, 4) is 11.5 Å². The summed E-state index contributed by atoms with van der Waals surface area (Å²) in [5.74, 6) is 0.0000638. The summed E-state index contributed by atoms with van der Waals surface area (Å²) < 4.78 is 20.9. The Kier molecular flexibility index (Phi) is 8.27. The van der Waals surface area contributed by atoms with Gasteiger partial charge in [-0.05, 0) is 45.4 Å². The third-order valence-corrected chi connectivity index (χ3v) is 4.55. The molecule has 0 unspecified atom stereocenters. The summed E-state index contributed by atoms with van der Waals surface area (Å²) in [7, 11) is 0. The highest BCUT2D eigenvalue weighted by Gasteiger charge is 2.22. The maximum atomic E-state index is 15.2. The first kappa shape index (κ1) is 22.2. The van der Waals surface area contributed by atoms with Crippen LogP contribution in [0.3, 0.4) is 0 Å². The van der Waals surface area contributed by atoms with Crippen LogP contribution in [0.25, 0.3) is 0 Å². The number of rotatable bonds is 9. The van der Waals surface area contributed by atoms with Gasteiger partial charge in [-0.25, -0.2) is 4.39 Å². The van der Waals surface area contributed by atoms with E-state index in [1.54, 1.807) is 24.3 Å². The first-order valence-corrected chi connectivity index (χ1v) is 9.95. The molecule has 0 aliphatic carbocycles. The summed E-state index contributed by atoms with van der Waals surface area (Å²) in [5.41, 5.74) is 0.467. The maximum Gasteiger partial charge on any atom is 0.221 e. The topological polar surface area (TPSA) is 50.4 Å². The Bertz CT molecular complexity index is 784. The van der Waals surface area contributed by atoms with Gasteiger partial charge in [-0.1, -0.05) is 42.8 Å². The second kappa shape index (κ2) is 10.4. The van der Waals surface area contributed by atoms with E-state index in [-0.39, 0.29) is 34.8 Å². The van der Waals surface area contributed by atoms with Crippen molar-refractivity contribution in [1.82, 2.24) is 10.6 Å². The van der Waals surface area contributed by atoms with Crippen molar-refractivity contribution in [3.63, 3.8) is 0 Å². The number of para-hydroxylation sites is 1. The van der Waals surface area contributed by atoms with Crippen LogP contribution in [0.4, 0.5) is 4.39 Å². The van der Waals surface area contributed by atoms with Crippen molar-refractivity contribution in [2.45, 2.75) is 58.7 Å². The molecule has 0 radical (unpaired) electrons. The smallest absolute Gasteiger partial charge is 0.221 e. The Labute approximate surface area is 171 Å². The van der Waals surface area contributed by atoms with E-state index < -0.39 is 5.82 Å². The summed E-state index contributed by atoms with van der Waals surface area (Å²) in [6, 6.07) is 12.0. The molecule has 0 aliphatic heterocycles. The highest BCUT2D eigenvalue weighted by atomic mass is 35.5. The summed E-state index contributed by atoms with van der Waals surface area (Å²) in [5, 5.41) is 6.42. The minimum absolute atomic E-state index is 0.0100. The number of ether oxygens (including phenoxy) is 1. The van der Waals surface area contributed by atoms with Crippen LogP contribution in [0.1, 0.15) is 52.1 Å². The van der Waals surface area contributed by atoms with Crippen molar-refractivity contribution < 1.29 is 13.9 Å². The fourth-order valence-electron chi connectivity index (χ4n) is 3.01. The number of hydrogen-bond acceptors (Lipinski definition) is 3. The second-order valence-corrected chi connectivity index (χ2v) is 7.56. The predicted octanol–water partition coefficient (Wildman–Crippen LogP) is 5.62. The summed E-state index contributed by atoms with van der Waals surface area (Å²) in [6.07, 6.45) is 0.969. The monoisotopic (exact) mass is 406 g/mol. The van der Waals surface area contributed by atoms with E-state index in [4.69, 9.17) is 16.3 Å². The van der Waals surface area contributed by atoms with Gasteiger partial charge in [-0.15, -0.1) is 0 Å². The van der Waals surface area contributed by atoms with Gasteiger partial charge in [-0.2, -0.15) is 0 Å². The molecule has 152 valence electrons. The molecule has 0 saturated carbocycles. The molecule has 4 nitrogen and oxygen atoms in total. The molecule has 0 saturated heterocycles. The highest BCUT2D eigenvalue weighted by molar-refractivity contribution is 6.32. The molecular weight excluding hydrogens is 379 g/mol. The van der Waals surface area contributed by atoms with Crippen LogP contribution in [0.15, 0.2) is 42.5 Å². The molecule has 0 bridgehead atoms. The van der Waals surface area contributed by atoms with Crippen LogP contribution in [0, 0.1) is 5.82 Å². The maximum absolute atomic E-state index is 15.2. The zero-order valence-corrected chi connectivity index (χ0v) is 17.5. The molecule has 1 amide bonds. The van der Waals surface area contributed by atoms with Gasteiger partial charge in [0.15, 0.2) is 11.6 Å². The average molecular weight is 407 g/mol. The largest absolute Gasteiger partial charge is 0.453 e. The minimum Gasteiger partial charge on any atom is -0.453 e. The predicted molar refractivity (Wildman–Crippen MR) is 111 cm³/mol. The van der Waals surface area contributed by atoms with Crippen LogP contribution in [0.2, 0.25) is 5.02 Å². The minimum atomic E-state index is -0.491. The molecule has 0 aromatic heterocycles. The molecule has 6 heteroatoms. The zero-order valence-electron chi connectivity index (χ0n) is 16.8. The lowest BCUT2D eigenvalue weighted by Crippen LogP contribution is -2.38. The van der Waals surface area contributed by atoms with Crippen LogP contribution in [-0.4, -0.2) is 18.0 Å². The quantitative estimate of drug-likeness (QED) is 0.568. The van der Waals surface area contributed by atoms with E-state index in [2.05, 4.69) is 10.6 Å². The van der Waals surface area contributed by atoms with Gasteiger partial charge in [0, 0.05) is 30.1 Å². The molecule has 28 heavy (non-hydrogen) atoms. The molecule has 2 atom stereocenters. The average Bonchev–Trinajstić information content (AvgIpc) is 2.63. The Morgan fingerprint density at radius 1 is 1.14 bits per heavy atom. The Morgan fingerprint density at radius 2 is 1.82 bits per heavy atom. The molecule has 2 N–H and O–H groups in total. The first-order valence-electron chi connectivity index (χ1n) is 9.58. The van der Waals surface area contributed by atoms with Crippen LogP contribution >= 0.6 is 11.6 Å². The molecule has 0 aliphatic rings. The van der Waals surface area contributed by atoms with Gasteiger partial charge in [0.05, 0.1) is 5.02 Å². The number of hydrogen-bond donors (Lipinski definition) is 2. The van der Waals surface area contributed by atoms with Gasteiger partial charge >= 0.3 is 0 Å². The van der Waals surface area contributed by atoms with E-state index in [1.807, 2.05) is 45.9 Å². The normalized spacial score (nSPS) is 13.2. The van der Waals surface area contributed by atoms with E-state index in [0.29, 0.717) is 24.2 Å². The molecule has 0 fully saturated rings. The number of benzene rings is 2. The molecular formula is C22H28ClFN2O2. The second-order valence-electron chi connectivity index (χ2n) is 7.15. The van der Waals surface area contributed by atoms with Gasteiger partial charge in [0.25, 0.3) is 0 Å². The van der Waals surface area contributed by atoms with Crippen molar-refractivity contribution in [2.24, 2.45) is 0 Å². The zero-order chi connectivity index (χ0) is 20.7. The van der Waals surface area contributed by atoms with E-state index >= 15 is 4.39 Å². The fraction of sp³-hybridized carbons (Fsp3) is 0.409. The number of carbonyl (C=O) groups excluding carboxylic acids is 1. The first-order chi connectivity index (χ1) is 13.3. The summed E-state index contributed by atoms with van der Waals surface area (Å²) in [6.45, 7) is 7.71. The van der Waals surface area contributed by atoms with Crippen molar-refractivity contribution in [3.05, 3.63) is 58.9 Å². The Morgan fingerprint density at radius 3 is 2.43 bits per heavy atom. The molecule has 2 aromatic carbocycles. The fourth-order valence-corrected chi connectivity index (χ4v) is 3.19. The van der Waals surface area contributed by atoms with E-state index in [9.17, 15) is 4.79 Å². The number of nitrogens with one attached hydrogen (secondary N) is 2. The molecule has 0 spiro atoms. The number of halogens is 2. The van der Waals surface area contributed by atoms with E-state index in [1.165, 1.54) is 0 Å². The number of amides is 1.